The van der Waals surface area contributed by atoms with Crippen LogP contribution in [0.25, 0.3) is 0 Å². The third-order valence-electron chi connectivity index (χ3n) is 5.80. The van der Waals surface area contributed by atoms with Crippen molar-refractivity contribution in [2.24, 2.45) is 0 Å². The standard InChI is InChI=1S/C25H30F3N/c1-2-19(21-12-9-13-22(18-21)25(26,27)28)10-5-3-4-6-14-23-17-16-20-11-7-8-15-24(20)29-23/h3,5,9,12-13,16-19H,2,4,6-8,10-11,14-15H2,1H3/b5-3-. The molecule has 1 nitrogen and oxygen atoms in total. The molecule has 1 unspecified atom stereocenters. The van der Waals surface area contributed by atoms with Gasteiger partial charge in [0, 0.05) is 11.4 Å². The number of alkyl halides is 3. The van der Waals surface area contributed by atoms with Crippen LogP contribution in [0.15, 0.2) is 48.6 Å². The van der Waals surface area contributed by atoms with Crippen LogP contribution in [0.5, 0.6) is 0 Å². The van der Waals surface area contributed by atoms with Crippen LogP contribution in [0.1, 0.15) is 79.4 Å². The Morgan fingerprint density at radius 3 is 2.69 bits per heavy atom. The fraction of sp³-hybridized carbons (Fsp3) is 0.480. The van der Waals surface area contributed by atoms with Crippen LogP contribution >= 0.6 is 0 Å². The van der Waals surface area contributed by atoms with E-state index in [0.29, 0.717) is 0 Å². The van der Waals surface area contributed by atoms with E-state index >= 15 is 0 Å². The number of benzene rings is 1. The van der Waals surface area contributed by atoms with Gasteiger partial charge in [-0.2, -0.15) is 13.2 Å². The lowest BCUT2D eigenvalue weighted by Gasteiger charge is -2.15. The maximum absolute atomic E-state index is 12.9. The van der Waals surface area contributed by atoms with Gasteiger partial charge in [-0.15, -0.1) is 0 Å². The highest BCUT2D eigenvalue weighted by atomic mass is 19.4. The molecule has 1 aliphatic rings. The normalized spacial score (nSPS) is 15.4. The van der Waals surface area contributed by atoms with Crippen LogP contribution in [-0.2, 0) is 25.4 Å². The Labute approximate surface area is 172 Å². The van der Waals surface area contributed by atoms with Gasteiger partial charge in [-0.25, -0.2) is 0 Å². The number of hydrogen-bond acceptors (Lipinski definition) is 1. The molecule has 0 amide bonds. The van der Waals surface area contributed by atoms with Gasteiger partial charge in [0.25, 0.3) is 0 Å². The van der Waals surface area contributed by atoms with Crippen molar-refractivity contribution < 1.29 is 13.2 Å². The quantitative estimate of drug-likeness (QED) is 0.331. The molecule has 0 radical (unpaired) electrons. The first kappa shape index (κ1) is 21.6. The SMILES string of the molecule is CCC(C/C=C\CCCc1ccc2c(n1)CCCC2)c1cccc(C(F)(F)F)c1. The number of hydrogen-bond donors (Lipinski definition) is 0. The van der Waals surface area contributed by atoms with E-state index in [1.807, 2.05) is 6.92 Å². The molecule has 0 bridgehead atoms. The van der Waals surface area contributed by atoms with Crippen LogP contribution in [0.4, 0.5) is 13.2 Å². The average Bonchev–Trinajstić information content (AvgIpc) is 2.72. The number of allylic oxidation sites excluding steroid dienone is 2. The highest BCUT2D eigenvalue weighted by molar-refractivity contribution is 5.29. The minimum absolute atomic E-state index is 0.121. The smallest absolute Gasteiger partial charge is 0.258 e. The molecular weight excluding hydrogens is 371 g/mol. The van der Waals surface area contributed by atoms with Crippen molar-refractivity contribution in [3.8, 4) is 0 Å². The van der Waals surface area contributed by atoms with Crippen LogP contribution in [0.3, 0.4) is 0 Å². The van der Waals surface area contributed by atoms with Gasteiger partial charge >= 0.3 is 6.18 Å². The summed E-state index contributed by atoms with van der Waals surface area (Å²) in [6.45, 7) is 2.03. The lowest BCUT2D eigenvalue weighted by atomic mass is 9.91. The van der Waals surface area contributed by atoms with Gasteiger partial charge in [-0.1, -0.05) is 43.3 Å². The minimum Gasteiger partial charge on any atom is -0.258 e. The zero-order valence-electron chi connectivity index (χ0n) is 17.1. The second-order valence-electron chi connectivity index (χ2n) is 7.94. The highest BCUT2D eigenvalue weighted by Gasteiger charge is 2.30. The zero-order valence-corrected chi connectivity index (χ0v) is 17.1. The molecule has 1 atom stereocenters. The Morgan fingerprint density at radius 1 is 1.07 bits per heavy atom. The Hall–Kier alpha value is -2.10. The van der Waals surface area contributed by atoms with E-state index in [9.17, 15) is 13.2 Å². The monoisotopic (exact) mass is 401 g/mol. The Kier molecular flexibility index (Phi) is 7.51. The van der Waals surface area contributed by atoms with Gasteiger partial charge in [-0.3, -0.25) is 4.98 Å². The summed E-state index contributed by atoms with van der Waals surface area (Å²) >= 11 is 0. The van der Waals surface area contributed by atoms with Crippen molar-refractivity contribution in [3.05, 3.63) is 76.6 Å². The van der Waals surface area contributed by atoms with Gasteiger partial charge in [0.15, 0.2) is 0 Å². The Morgan fingerprint density at radius 2 is 1.90 bits per heavy atom. The first-order valence-electron chi connectivity index (χ1n) is 10.8. The van der Waals surface area contributed by atoms with E-state index in [-0.39, 0.29) is 5.92 Å². The number of aromatic nitrogens is 1. The van der Waals surface area contributed by atoms with Gasteiger partial charge < -0.3 is 0 Å². The molecule has 1 aliphatic carbocycles. The summed E-state index contributed by atoms with van der Waals surface area (Å²) in [5, 5.41) is 0. The number of fused-ring (bicyclic) bond motifs is 1. The molecule has 156 valence electrons. The largest absolute Gasteiger partial charge is 0.416 e. The topological polar surface area (TPSA) is 12.9 Å². The number of unbranched alkanes of at least 4 members (excludes halogenated alkanes) is 1. The van der Waals surface area contributed by atoms with Crippen molar-refractivity contribution >= 4 is 0 Å². The van der Waals surface area contributed by atoms with Crippen LogP contribution < -0.4 is 0 Å². The van der Waals surface area contributed by atoms with Gasteiger partial charge in [0.05, 0.1) is 5.56 Å². The Balaban J connectivity index is 1.47. The van der Waals surface area contributed by atoms with Gasteiger partial charge in [-0.05, 0) is 87.0 Å². The molecule has 1 aromatic carbocycles. The summed E-state index contributed by atoms with van der Waals surface area (Å²) in [5.41, 5.74) is 4.09. The lowest BCUT2D eigenvalue weighted by Crippen LogP contribution is -2.07. The predicted octanol–water partition coefficient (Wildman–Crippen LogP) is 7.44. The number of rotatable bonds is 8. The summed E-state index contributed by atoms with van der Waals surface area (Å²) in [6.07, 6.45) is 9.38. The van der Waals surface area contributed by atoms with Gasteiger partial charge in [0.1, 0.15) is 0 Å². The van der Waals surface area contributed by atoms with Crippen molar-refractivity contribution in [3.63, 3.8) is 0 Å². The molecule has 1 aromatic heterocycles. The van der Waals surface area contributed by atoms with Crippen molar-refractivity contribution in [2.45, 2.75) is 76.8 Å². The minimum atomic E-state index is -4.28. The second-order valence-corrected chi connectivity index (χ2v) is 7.94. The first-order valence-corrected chi connectivity index (χ1v) is 10.8. The molecule has 4 heteroatoms. The number of halogens is 3. The van der Waals surface area contributed by atoms with Crippen LogP contribution in [0, 0.1) is 0 Å². The number of aryl methyl sites for hydroxylation is 3. The maximum Gasteiger partial charge on any atom is 0.416 e. The molecule has 0 N–H and O–H groups in total. The van der Waals surface area contributed by atoms with E-state index in [0.717, 1.165) is 56.6 Å². The van der Waals surface area contributed by atoms with Crippen LogP contribution in [-0.4, -0.2) is 4.98 Å². The van der Waals surface area contributed by atoms with Crippen molar-refractivity contribution in [1.82, 2.24) is 4.98 Å². The van der Waals surface area contributed by atoms with Crippen molar-refractivity contribution in [1.29, 1.82) is 0 Å². The summed E-state index contributed by atoms with van der Waals surface area (Å²) in [7, 11) is 0. The molecule has 29 heavy (non-hydrogen) atoms. The van der Waals surface area contributed by atoms with Gasteiger partial charge in [0.2, 0.25) is 0 Å². The fourth-order valence-corrected chi connectivity index (χ4v) is 4.05. The zero-order chi connectivity index (χ0) is 20.7. The summed E-state index contributed by atoms with van der Waals surface area (Å²) < 4.78 is 38.8. The third-order valence-corrected chi connectivity index (χ3v) is 5.80. The van der Waals surface area contributed by atoms with E-state index < -0.39 is 11.7 Å². The van der Waals surface area contributed by atoms with E-state index in [4.69, 9.17) is 4.98 Å². The molecule has 2 aromatic rings. The summed E-state index contributed by atoms with van der Waals surface area (Å²) in [4.78, 5) is 4.82. The molecular formula is C25H30F3N. The first-order chi connectivity index (χ1) is 14.0. The molecule has 0 saturated heterocycles. The molecule has 0 spiro atoms. The molecule has 3 rings (SSSR count). The maximum atomic E-state index is 12.9. The van der Waals surface area contributed by atoms with Crippen LogP contribution in [0.2, 0.25) is 0 Å². The molecule has 0 aliphatic heterocycles. The number of pyridine rings is 1. The Bertz CT molecular complexity index is 823. The molecule has 0 fully saturated rings. The average molecular weight is 402 g/mol. The molecule has 0 saturated carbocycles. The second kappa shape index (κ2) is 10.1. The molecule has 1 heterocycles. The summed E-state index contributed by atoms with van der Waals surface area (Å²) in [6, 6.07) is 10.2. The fourth-order valence-electron chi connectivity index (χ4n) is 4.05. The summed E-state index contributed by atoms with van der Waals surface area (Å²) in [5.74, 6) is 0.121. The number of nitrogens with zero attached hydrogens (tertiary/aromatic N) is 1. The van der Waals surface area contributed by atoms with Crippen molar-refractivity contribution in [2.75, 3.05) is 0 Å². The van der Waals surface area contributed by atoms with E-state index in [1.165, 1.54) is 41.9 Å². The highest BCUT2D eigenvalue weighted by Crippen LogP contribution is 2.32. The lowest BCUT2D eigenvalue weighted by molar-refractivity contribution is -0.137. The van der Waals surface area contributed by atoms with E-state index in [1.54, 1.807) is 6.07 Å². The predicted molar refractivity (Wildman–Crippen MR) is 112 cm³/mol. The van der Waals surface area contributed by atoms with E-state index in [2.05, 4.69) is 24.3 Å². The third kappa shape index (κ3) is 6.19.